The van der Waals surface area contributed by atoms with Gasteiger partial charge in [-0.25, -0.2) is 4.98 Å². The monoisotopic (exact) mass is 546 g/mol. The van der Waals surface area contributed by atoms with Crippen LogP contribution in [0, 0.1) is 10.1 Å². The highest BCUT2D eigenvalue weighted by molar-refractivity contribution is 5.89. The minimum Gasteiger partial charge on any atom is -0.497 e. The van der Waals surface area contributed by atoms with Gasteiger partial charge in [0.15, 0.2) is 0 Å². The van der Waals surface area contributed by atoms with E-state index in [4.69, 9.17) is 10.5 Å². The van der Waals surface area contributed by atoms with Crippen LogP contribution >= 0.6 is 0 Å². The Morgan fingerprint density at radius 2 is 1.93 bits per heavy atom. The molecular weight excluding hydrogens is 512 g/mol. The Morgan fingerprint density at radius 3 is 2.65 bits per heavy atom. The maximum absolute atomic E-state index is 13.7. The van der Waals surface area contributed by atoms with Crippen molar-refractivity contribution in [2.45, 2.75) is 69.7 Å². The molecule has 1 aliphatic heterocycles. The Balaban J connectivity index is 1.39. The van der Waals surface area contributed by atoms with Gasteiger partial charge in [0, 0.05) is 37.2 Å². The van der Waals surface area contributed by atoms with Crippen LogP contribution in [-0.2, 0) is 35.5 Å². The summed E-state index contributed by atoms with van der Waals surface area (Å²) in [5, 5.41) is 14.2. The lowest BCUT2D eigenvalue weighted by Gasteiger charge is -2.37. The lowest BCUT2D eigenvalue weighted by atomic mass is 9.90. The minimum atomic E-state index is -0.706. The number of hydrogen-bond acceptors (Lipinski definition) is 7. The summed E-state index contributed by atoms with van der Waals surface area (Å²) in [4.78, 5) is 44.2. The normalized spacial score (nSPS) is 20.4. The fourth-order valence-electron chi connectivity index (χ4n) is 5.60. The van der Waals surface area contributed by atoms with Crippen molar-refractivity contribution in [1.29, 1.82) is 0 Å². The molecule has 0 radical (unpaired) electrons. The molecule has 2 aromatic carbocycles. The summed E-state index contributed by atoms with van der Waals surface area (Å²) >= 11 is 0. The number of fused-ring (bicyclic) bond motifs is 1. The number of nitro groups is 1. The van der Waals surface area contributed by atoms with Gasteiger partial charge in [0.2, 0.25) is 11.8 Å². The number of benzene rings is 2. The number of hydrogen-bond donors (Lipinski definition) is 2. The third-order valence-corrected chi connectivity index (χ3v) is 7.88. The molecule has 210 valence electrons. The van der Waals surface area contributed by atoms with Crippen LogP contribution in [0.25, 0.3) is 0 Å². The van der Waals surface area contributed by atoms with E-state index in [0.29, 0.717) is 18.7 Å². The fourth-order valence-corrected chi connectivity index (χ4v) is 5.60. The number of aromatic nitrogens is 2. The molecular formula is C29H34N6O5. The van der Waals surface area contributed by atoms with Gasteiger partial charge in [0.25, 0.3) is 5.69 Å². The largest absolute Gasteiger partial charge is 0.497 e. The maximum Gasteiger partial charge on any atom is 0.269 e. The van der Waals surface area contributed by atoms with E-state index in [1.54, 1.807) is 30.5 Å². The maximum atomic E-state index is 13.7. The summed E-state index contributed by atoms with van der Waals surface area (Å²) < 4.78 is 7.25. The molecule has 0 saturated heterocycles. The molecule has 11 nitrogen and oxygen atoms in total. The lowest BCUT2D eigenvalue weighted by molar-refractivity contribution is -0.384. The van der Waals surface area contributed by atoms with Crippen LogP contribution in [0.5, 0.6) is 5.75 Å². The van der Waals surface area contributed by atoms with Crippen LogP contribution in [0.2, 0.25) is 0 Å². The molecule has 2 amide bonds. The number of rotatable bonds is 8. The number of imidazole rings is 1. The Hall–Kier alpha value is -4.25. The molecule has 3 N–H and O–H groups in total. The van der Waals surface area contributed by atoms with E-state index in [1.165, 1.54) is 12.1 Å². The van der Waals surface area contributed by atoms with Gasteiger partial charge in [-0.1, -0.05) is 37.1 Å². The van der Waals surface area contributed by atoms with Crippen molar-refractivity contribution in [3.05, 3.63) is 87.5 Å². The third kappa shape index (κ3) is 5.99. The first-order valence-corrected chi connectivity index (χ1v) is 13.6. The summed E-state index contributed by atoms with van der Waals surface area (Å²) in [6.45, 7) is 0.659. The molecule has 2 aliphatic rings. The molecule has 3 unspecified atom stereocenters. The average molecular weight is 547 g/mol. The van der Waals surface area contributed by atoms with Gasteiger partial charge in [-0.15, -0.1) is 0 Å². The summed E-state index contributed by atoms with van der Waals surface area (Å²) in [5.74, 6) is 0.278. The van der Waals surface area contributed by atoms with Crippen LogP contribution in [-0.4, -0.2) is 56.4 Å². The van der Waals surface area contributed by atoms with Crippen molar-refractivity contribution in [2.75, 3.05) is 7.11 Å². The highest BCUT2D eigenvalue weighted by Gasteiger charge is 2.38. The quantitative estimate of drug-likeness (QED) is 0.326. The molecule has 0 bridgehead atoms. The summed E-state index contributed by atoms with van der Waals surface area (Å²) in [7, 11) is 1.58. The van der Waals surface area contributed by atoms with Crippen molar-refractivity contribution >= 4 is 17.5 Å². The van der Waals surface area contributed by atoms with E-state index in [9.17, 15) is 19.7 Å². The summed E-state index contributed by atoms with van der Waals surface area (Å²) in [5.41, 5.74) is 9.59. The number of nitrogens with two attached hydrogens (primary N) is 1. The number of carbonyl (C=O) groups excluding carboxylic acids is 2. The third-order valence-electron chi connectivity index (χ3n) is 7.88. The zero-order valence-electron chi connectivity index (χ0n) is 22.5. The van der Waals surface area contributed by atoms with Gasteiger partial charge in [-0.2, -0.15) is 0 Å². The smallest absolute Gasteiger partial charge is 0.269 e. The fraction of sp³-hybridized carbons (Fsp3) is 0.414. The first-order chi connectivity index (χ1) is 19.3. The minimum absolute atomic E-state index is 0.0252. The van der Waals surface area contributed by atoms with Crippen molar-refractivity contribution < 1.29 is 19.2 Å². The molecule has 2 heterocycles. The highest BCUT2D eigenvalue weighted by atomic mass is 16.6. The van der Waals surface area contributed by atoms with Gasteiger partial charge < -0.3 is 25.3 Å². The molecule has 40 heavy (non-hydrogen) atoms. The molecule has 0 spiro atoms. The highest BCUT2D eigenvalue weighted by Crippen LogP contribution is 2.26. The van der Waals surface area contributed by atoms with E-state index in [0.717, 1.165) is 48.2 Å². The molecule has 11 heteroatoms. The van der Waals surface area contributed by atoms with Crippen molar-refractivity contribution in [2.24, 2.45) is 5.73 Å². The van der Waals surface area contributed by atoms with Crippen LogP contribution < -0.4 is 15.8 Å². The Kier molecular flexibility index (Phi) is 8.11. The Morgan fingerprint density at radius 1 is 1.15 bits per heavy atom. The molecule has 1 aromatic heterocycles. The number of amides is 2. The molecule has 3 aromatic rings. The number of methoxy groups -OCH3 is 1. The zero-order chi connectivity index (χ0) is 28.2. The molecule has 1 saturated carbocycles. The van der Waals surface area contributed by atoms with Crippen LogP contribution in [0.3, 0.4) is 0 Å². The van der Waals surface area contributed by atoms with Gasteiger partial charge >= 0.3 is 0 Å². The van der Waals surface area contributed by atoms with Crippen LogP contribution in [0.1, 0.15) is 48.2 Å². The predicted molar refractivity (Wildman–Crippen MR) is 148 cm³/mol. The van der Waals surface area contributed by atoms with Gasteiger partial charge in [-0.05, 0) is 36.1 Å². The van der Waals surface area contributed by atoms with Crippen molar-refractivity contribution in [3.63, 3.8) is 0 Å². The number of nitrogens with zero attached hydrogens (tertiary/aromatic N) is 4. The topological polar surface area (TPSA) is 146 Å². The number of ether oxygens (including phenoxy) is 1. The molecule has 3 atom stereocenters. The zero-order valence-corrected chi connectivity index (χ0v) is 22.5. The van der Waals surface area contributed by atoms with Gasteiger partial charge in [0.05, 0.1) is 42.7 Å². The van der Waals surface area contributed by atoms with Crippen LogP contribution in [0.15, 0.2) is 54.9 Å². The number of nitrogens with one attached hydrogen (secondary N) is 1. The molecule has 1 fully saturated rings. The van der Waals surface area contributed by atoms with Gasteiger partial charge in [-0.3, -0.25) is 19.7 Å². The van der Waals surface area contributed by atoms with E-state index in [-0.39, 0.29) is 42.6 Å². The summed E-state index contributed by atoms with van der Waals surface area (Å²) in [6.07, 6.45) is 5.87. The molecule has 5 rings (SSSR count). The first-order valence-electron chi connectivity index (χ1n) is 13.6. The predicted octanol–water partition coefficient (Wildman–Crippen LogP) is 2.73. The second kappa shape index (κ2) is 11.9. The summed E-state index contributed by atoms with van der Waals surface area (Å²) in [6, 6.07) is 12.8. The van der Waals surface area contributed by atoms with Crippen LogP contribution in [0.4, 0.5) is 5.69 Å². The molecule has 1 aliphatic carbocycles. The second-order valence-electron chi connectivity index (χ2n) is 10.5. The Bertz CT molecular complexity index is 1390. The lowest BCUT2D eigenvalue weighted by Crippen LogP contribution is -2.58. The van der Waals surface area contributed by atoms with E-state index in [1.807, 2.05) is 28.8 Å². The second-order valence-corrected chi connectivity index (χ2v) is 10.5. The standard InChI is InChI=1S/C29H34N6O5/c1-40-22-6-4-5-20(13-22)14-28(36)34-17-27-25(15-26(34)29(37)32-24-8-3-2-7-23(24)30)31-18-33(27)16-19-9-11-21(12-10-19)35(38)39/h4-6,9-13,18,23-24,26H,2-3,7-8,14-17,30H2,1H3,(H,32,37). The first kappa shape index (κ1) is 27.3. The number of non-ortho nitro benzene ring substituents is 1. The van der Waals surface area contributed by atoms with Gasteiger partial charge in [0.1, 0.15) is 11.8 Å². The average Bonchev–Trinajstić information content (AvgIpc) is 3.35. The van der Waals surface area contributed by atoms with Crippen molar-refractivity contribution in [1.82, 2.24) is 19.8 Å². The Labute approximate surface area is 232 Å². The number of nitro benzene ring substituents is 1. The van der Waals surface area contributed by atoms with E-state index >= 15 is 0 Å². The van der Waals surface area contributed by atoms with E-state index in [2.05, 4.69) is 10.3 Å². The van der Waals surface area contributed by atoms with Crippen molar-refractivity contribution in [3.8, 4) is 5.75 Å². The SMILES string of the molecule is COc1cccc(CC(=O)N2Cc3c(ncn3Cc3ccc([N+](=O)[O-])cc3)CC2C(=O)NC2CCCCC2N)c1. The van der Waals surface area contributed by atoms with E-state index < -0.39 is 11.0 Å². The number of carbonyl (C=O) groups is 2.